The summed E-state index contributed by atoms with van der Waals surface area (Å²) in [4.78, 5) is 0. The summed E-state index contributed by atoms with van der Waals surface area (Å²) >= 11 is 12.0. The SMILES string of the molecule is Fc1cc(-n2nc(C3CC3)c(CCl)c2Cl)cc(F)c1F. The van der Waals surface area contributed by atoms with Crippen LogP contribution in [0.25, 0.3) is 5.69 Å². The maximum absolute atomic E-state index is 13.3. The molecule has 2 nitrogen and oxygen atoms in total. The van der Waals surface area contributed by atoms with Gasteiger partial charge < -0.3 is 0 Å². The van der Waals surface area contributed by atoms with Gasteiger partial charge in [0.2, 0.25) is 0 Å². The Hall–Kier alpha value is -1.20. The summed E-state index contributed by atoms with van der Waals surface area (Å²) in [6.07, 6.45) is 1.98. The van der Waals surface area contributed by atoms with Crippen LogP contribution in [0.3, 0.4) is 0 Å². The molecule has 0 atom stereocenters. The van der Waals surface area contributed by atoms with Gasteiger partial charge in [0.05, 0.1) is 17.3 Å². The molecule has 0 bridgehead atoms. The lowest BCUT2D eigenvalue weighted by Gasteiger charge is -2.05. The first-order valence-electron chi connectivity index (χ1n) is 6.01. The van der Waals surface area contributed by atoms with Crippen LogP contribution in [-0.2, 0) is 5.88 Å². The number of hydrogen-bond donors (Lipinski definition) is 0. The summed E-state index contributed by atoms with van der Waals surface area (Å²) < 4.78 is 40.8. The summed E-state index contributed by atoms with van der Waals surface area (Å²) in [5, 5.41) is 4.47. The Kier molecular flexibility index (Phi) is 3.42. The van der Waals surface area contributed by atoms with E-state index in [-0.39, 0.29) is 22.6 Å². The summed E-state index contributed by atoms with van der Waals surface area (Å²) in [7, 11) is 0. The molecule has 0 N–H and O–H groups in total. The van der Waals surface area contributed by atoms with Crippen molar-refractivity contribution in [2.24, 2.45) is 0 Å². The van der Waals surface area contributed by atoms with Gasteiger partial charge in [-0.3, -0.25) is 0 Å². The van der Waals surface area contributed by atoms with Gasteiger partial charge in [-0.25, -0.2) is 17.9 Å². The monoisotopic (exact) mass is 320 g/mol. The summed E-state index contributed by atoms with van der Waals surface area (Å²) in [5.41, 5.74) is 1.43. The summed E-state index contributed by atoms with van der Waals surface area (Å²) in [5.74, 6) is -3.63. The molecule has 1 aliphatic rings. The predicted molar refractivity (Wildman–Crippen MR) is 70.0 cm³/mol. The number of nitrogens with zero attached hydrogens (tertiary/aromatic N) is 2. The molecule has 0 radical (unpaired) electrons. The van der Waals surface area contributed by atoms with Gasteiger partial charge in [-0.15, -0.1) is 11.6 Å². The normalized spacial score (nSPS) is 14.8. The van der Waals surface area contributed by atoms with Crippen molar-refractivity contribution in [2.75, 3.05) is 0 Å². The average molecular weight is 321 g/mol. The van der Waals surface area contributed by atoms with E-state index in [1.165, 1.54) is 4.68 Å². The molecular weight excluding hydrogens is 312 g/mol. The molecule has 1 aliphatic carbocycles. The van der Waals surface area contributed by atoms with Crippen molar-refractivity contribution in [2.45, 2.75) is 24.6 Å². The highest BCUT2D eigenvalue weighted by atomic mass is 35.5. The van der Waals surface area contributed by atoms with Gasteiger partial charge in [0.25, 0.3) is 0 Å². The first kappa shape index (κ1) is 13.8. The van der Waals surface area contributed by atoms with E-state index in [0.29, 0.717) is 5.56 Å². The molecule has 106 valence electrons. The van der Waals surface area contributed by atoms with E-state index in [9.17, 15) is 13.2 Å². The van der Waals surface area contributed by atoms with Crippen LogP contribution in [0.5, 0.6) is 0 Å². The Morgan fingerprint density at radius 2 is 1.80 bits per heavy atom. The number of hydrogen-bond acceptors (Lipinski definition) is 1. The molecule has 7 heteroatoms. The molecule has 0 spiro atoms. The second-order valence-electron chi connectivity index (χ2n) is 4.70. The summed E-state index contributed by atoms with van der Waals surface area (Å²) in [6.45, 7) is 0. The molecule has 0 aliphatic heterocycles. The zero-order valence-electron chi connectivity index (χ0n) is 10.1. The molecule has 1 heterocycles. The lowest BCUT2D eigenvalue weighted by molar-refractivity contribution is 0.446. The lowest BCUT2D eigenvalue weighted by Crippen LogP contribution is -2.01. The number of alkyl halides is 1. The molecule has 1 fully saturated rings. The highest BCUT2D eigenvalue weighted by Gasteiger charge is 2.31. The van der Waals surface area contributed by atoms with Gasteiger partial charge in [0.1, 0.15) is 5.15 Å². The number of aromatic nitrogens is 2. The predicted octanol–water partition coefficient (Wildman–Crippen LogP) is 4.56. The van der Waals surface area contributed by atoms with E-state index in [1.54, 1.807) is 0 Å². The third-order valence-electron chi connectivity index (χ3n) is 3.26. The van der Waals surface area contributed by atoms with Crippen molar-refractivity contribution in [3.63, 3.8) is 0 Å². The standard InChI is InChI=1S/C13H9Cl2F3N2/c14-5-8-12(6-1-2-6)19-20(13(8)15)7-3-9(16)11(18)10(17)4-7/h3-4,6H,1-2,5H2. The Balaban J connectivity index is 2.15. The van der Waals surface area contributed by atoms with Crippen molar-refractivity contribution in [3.05, 3.63) is 46.0 Å². The molecule has 1 aromatic carbocycles. The minimum Gasteiger partial charge on any atom is -0.221 e. The largest absolute Gasteiger partial charge is 0.221 e. The van der Waals surface area contributed by atoms with Gasteiger partial charge >= 0.3 is 0 Å². The highest BCUT2D eigenvalue weighted by Crippen LogP contribution is 2.43. The molecule has 2 aromatic rings. The maximum atomic E-state index is 13.3. The van der Waals surface area contributed by atoms with Crippen LogP contribution < -0.4 is 0 Å². The molecule has 0 amide bonds. The van der Waals surface area contributed by atoms with Crippen LogP contribution in [0.2, 0.25) is 5.15 Å². The summed E-state index contributed by atoms with van der Waals surface area (Å²) in [6, 6.07) is 1.71. The van der Waals surface area contributed by atoms with E-state index in [1.807, 2.05) is 0 Å². The van der Waals surface area contributed by atoms with Crippen LogP contribution in [-0.4, -0.2) is 9.78 Å². The average Bonchev–Trinajstić information content (AvgIpc) is 3.19. The molecule has 1 aromatic heterocycles. The third kappa shape index (κ3) is 2.19. The van der Waals surface area contributed by atoms with Crippen molar-refractivity contribution >= 4 is 23.2 Å². The van der Waals surface area contributed by atoms with Gasteiger partial charge in [-0.05, 0) is 12.8 Å². The fourth-order valence-electron chi connectivity index (χ4n) is 2.09. The van der Waals surface area contributed by atoms with Crippen LogP contribution >= 0.6 is 23.2 Å². The van der Waals surface area contributed by atoms with Crippen LogP contribution in [0, 0.1) is 17.5 Å². The van der Waals surface area contributed by atoms with Crippen LogP contribution in [0.4, 0.5) is 13.2 Å². The molecule has 20 heavy (non-hydrogen) atoms. The topological polar surface area (TPSA) is 17.8 Å². The van der Waals surface area contributed by atoms with E-state index < -0.39 is 17.5 Å². The third-order valence-corrected chi connectivity index (χ3v) is 3.92. The maximum Gasteiger partial charge on any atom is 0.194 e. The minimum absolute atomic E-state index is 0.0321. The zero-order chi connectivity index (χ0) is 14.4. The first-order chi connectivity index (χ1) is 9.52. The van der Waals surface area contributed by atoms with Gasteiger partial charge in [0, 0.05) is 23.6 Å². The van der Waals surface area contributed by atoms with Crippen molar-refractivity contribution < 1.29 is 13.2 Å². The molecule has 1 saturated carbocycles. The Labute approximate surface area is 123 Å². The molecule has 0 unspecified atom stereocenters. The van der Waals surface area contributed by atoms with E-state index in [2.05, 4.69) is 5.10 Å². The Bertz CT molecular complexity index is 657. The fraction of sp³-hybridized carbons (Fsp3) is 0.308. The fourth-order valence-corrected chi connectivity index (χ4v) is 2.72. The quantitative estimate of drug-likeness (QED) is 0.599. The second-order valence-corrected chi connectivity index (χ2v) is 5.32. The van der Waals surface area contributed by atoms with E-state index in [4.69, 9.17) is 23.2 Å². The second kappa shape index (κ2) is 4.97. The molecule has 0 saturated heterocycles. The minimum atomic E-state index is -1.52. The van der Waals surface area contributed by atoms with E-state index >= 15 is 0 Å². The number of halogens is 5. The van der Waals surface area contributed by atoms with Crippen LogP contribution in [0.1, 0.15) is 30.0 Å². The Morgan fingerprint density at radius 3 is 2.30 bits per heavy atom. The number of rotatable bonds is 3. The molecule has 3 rings (SSSR count). The first-order valence-corrected chi connectivity index (χ1v) is 6.92. The van der Waals surface area contributed by atoms with Crippen molar-refractivity contribution in [3.8, 4) is 5.69 Å². The van der Waals surface area contributed by atoms with Crippen LogP contribution in [0.15, 0.2) is 12.1 Å². The zero-order valence-corrected chi connectivity index (χ0v) is 11.6. The van der Waals surface area contributed by atoms with Crippen molar-refractivity contribution in [1.82, 2.24) is 9.78 Å². The Morgan fingerprint density at radius 1 is 1.20 bits per heavy atom. The van der Waals surface area contributed by atoms with Crippen molar-refractivity contribution in [1.29, 1.82) is 0 Å². The lowest BCUT2D eigenvalue weighted by atomic mass is 10.2. The smallest absolute Gasteiger partial charge is 0.194 e. The highest BCUT2D eigenvalue weighted by molar-refractivity contribution is 6.31. The van der Waals surface area contributed by atoms with Gasteiger partial charge in [-0.2, -0.15) is 5.10 Å². The van der Waals surface area contributed by atoms with E-state index in [0.717, 1.165) is 30.7 Å². The number of benzene rings is 1. The molecular formula is C13H9Cl2F3N2. The van der Waals surface area contributed by atoms with Gasteiger partial charge in [0.15, 0.2) is 17.5 Å². The van der Waals surface area contributed by atoms with Gasteiger partial charge in [-0.1, -0.05) is 11.6 Å².